The van der Waals surface area contributed by atoms with E-state index in [4.69, 9.17) is 4.98 Å². The molecule has 106 valence electrons. The highest BCUT2D eigenvalue weighted by atomic mass is 15.0. The van der Waals surface area contributed by atoms with Crippen LogP contribution < -0.4 is 5.32 Å². The maximum atomic E-state index is 4.77. The maximum absolute atomic E-state index is 4.77. The fraction of sp³-hybridized carbons (Fsp3) is 0.412. The topological polar surface area (TPSA) is 37.8 Å². The largest absolute Gasteiger partial charge is 0.370 e. The molecule has 3 heteroatoms. The van der Waals surface area contributed by atoms with Crippen LogP contribution in [0.5, 0.6) is 0 Å². The van der Waals surface area contributed by atoms with Crippen LogP contribution >= 0.6 is 0 Å². The summed E-state index contributed by atoms with van der Waals surface area (Å²) in [5, 5.41) is 3.30. The average Bonchev–Trinajstić information content (AvgIpc) is 2.38. The Morgan fingerprint density at radius 1 is 1.10 bits per heavy atom. The summed E-state index contributed by atoms with van der Waals surface area (Å²) in [6.07, 6.45) is 0. The third-order valence-corrected chi connectivity index (χ3v) is 3.18. The lowest BCUT2D eigenvalue weighted by Gasteiger charge is -2.19. The molecule has 3 nitrogen and oxygen atoms in total. The van der Waals surface area contributed by atoms with E-state index in [1.54, 1.807) is 0 Å². The Morgan fingerprint density at radius 3 is 2.40 bits per heavy atom. The molecule has 0 unspecified atom stereocenters. The minimum atomic E-state index is -0.0666. The summed E-state index contributed by atoms with van der Waals surface area (Å²) in [5.74, 6) is 1.76. The first-order valence-electron chi connectivity index (χ1n) is 7.11. The molecule has 0 atom stereocenters. The molecule has 2 rings (SSSR count). The monoisotopic (exact) mass is 269 g/mol. The van der Waals surface area contributed by atoms with Gasteiger partial charge in [0.1, 0.15) is 11.6 Å². The van der Waals surface area contributed by atoms with Crippen LogP contribution in [0.1, 0.15) is 39.1 Å². The Labute approximate surface area is 121 Å². The Hall–Kier alpha value is -1.90. The summed E-state index contributed by atoms with van der Waals surface area (Å²) in [6, 6.07) is 10.4. The number of anilines is 1. The molecule has 0 bridgehead atoms. The summed E-state index contributed by atoms with van der Waals surface area (Å²) in [4.78, 5) is 9.39. The molecule has 0 spiro atoms. The summed E-state index contributed by atoms with van der Waals surface area (Å²) >= 11 is 0. The van der Waals surface area contributed by atoms with Gasteiger partial charge in [0, 0.05) is 23.6 Å². The lowest BCUT2D eigenvalue weighted by molar-refractivity contribution is 0.546. The molecule has 0 aliphatic heterocycles. The van der Waals surface area contributed by atoms with Crippen LogP contribution in [-0.4, -0.2) is 16.5 Å². The number of hydrogen-bond acceptors (Lipinski definition) is 3. The van der Waals surface area contributed by atoms with Crippen molar-refractivity contribution in [3.05, 3.63) is 41.7 Å². The SMILES string of the molecule is CCNc1cc(-c2ccccc2C)nc(C(C)(C)C)n1. The molecule has 1 N–H and O–H groups in total. The van der Waals surface area contributed by atoms with Crippen molar-refractivity contribution >= 4 is 5.82 Å². The van der Waals surface area contributed by atoms with Gasteiger partial charge >= 0.3 is 0 Å². The molecule has 0 aliphatic carbocycles. The Morgan fingerprint density at radius 2 is 1.80 bits per heavy atom. The molecule has 0 aliphatic rings. The second kappa shape index (κ2) is 5.61. The van der Waals surface area contributed by atoms with Gasteiger partial charge in [-0.15, -0.1) is 0 Å². The van der Waals surface area contributed by atoms with E-state index in [-0.39, 0.29) is 5.41 Å². The van der Waals surface area contributed by atoms with Crippen molar-refractivity contribution in [3.63, 3.8) is 0 Å². The highest BCUT2D eigenvalue weighted by Gasteiger charge is 2.19. The van der Waals surface area contributed by atoms with Crippen LogP contribution in [0.3, 0.4) is 0 Å². The third kappa shape index (κ3) is 3.16. The first kappa shape index (κ1) is 14.5. The highest BCUT2D eigenvalue weighted by Crippen LogP contribution is 2.27. The van der Waals surface area contributed by atoms with E-state index >= 15 is 0 Å². The van der Waals surface area contributed by atoms with E-state index in [2.05, 4.69) is 63.1 Å². The smallest absolute Gasteiger partial charge is 0.136 e. The van der Waals surface area contributed by atoms with Crippen molar-refractivity contribution in [3.8, 4) is 11.3 Å². The predicted octanol–water partition coefficient (Wildman–Crippen LogP) is 4.18. The average molecular weight is 269 g/mol. The van der Waals surface area contributed by atoms with Crippen molar-refractivity contribution in [1.82, 2.24) is 9.97 Å². The Bertz CT molecular complexity index is 597. The van der Waals surface area contributed by atoms with Crippen molar-refractivity contribution in [1.29, 1.82) is 0 Å². The minimum absolute atomic E-state index is 0.0666. The van der Waals surface area contributed by atoms with Gasteiger partial charge < -0.3 is 5.32 Å². The number of hydrogen-bond donors (Lipinski definition) is 1. The van der Waals surface area contributed by atoms with Crippen LogP contribution in [0.15, 0.2) is 30.3 Å². The van der Waals surface area contributed by atoms with Gasteiger partial charge in [-0.1, -0.05) is 45.0 Å². The molecule has 0 radical (unpaired) electrons. The zero-order valence-corrected chi connectivity index (χ0v) is 13.0. The molecule has 20 heavy (non-hydrogen) atoms. The highest BCUT2D eigenvalue weighted by molar-refractivity contribution is 5.66. The van der Waals surface area contributed by atoms with Crippen molar-refractivity contribution < 1.29 is 0 Å². The number of nitrogens with zero attached hydrogens (tertiary/aromatic N) is 2. The van der Waals surface area contributed by atoms with Gasteiger partial charge in [-0.05, 0) is 19.4 Å². The predicted molar refractivity (Wildman–Crippen MR) is 85.1 cm³/mol. The number of rotatable bonds is 3. The number of aryl methyl sites for hydroxylation is 1. The van der Waals surface area contributed by atoms with E-state index in [1.807, 2.05) is 12.1 Å². The van der Waals surface area contributed by atoms with Gasteiger partial charge in [0.05, 0.1) is 5.69 Å². The van der Waals surface area contributed by atoms with Crippen LogP contribution in [0.25, 0.3) is 11.3 Å². The summed E-state index contributed by atoms with van der Waals surface area (Å²) in [6.45, 7) is 11.5. The van der Waals surface area contributed by atoms with Crippen LogP contribution in [0, 0.1) is 6.92 Å². The fourth-order valence-electron chi connectivity index (χ4n) is 2.05. The minimum Gasteiger partial charge on any atom is -0.370 e. The molecule has 1 heterocycles. The second-order valence-corrected chi connectivity index (χ2v) is 6.06. The molecule has 0 saturated heterocycles. The van der Waals surface area contributed by atoms with E-state index in [0.717, 1.165) is 23.9 Å². The van der Waals surface area contributed by atoms with Gasteiger partial charge in [-0.2, -0.15) is 0 Å². The number of nitrogens with one attached hydrogen (secondary N) is 1. The molecular weight excluding hydrogens is 246 g/mol. The first-order chi connectivity index (χ1) is 9.41. The summed E-state index contributed by atoms with van der Waals surface area (Å²) in [7, 11) is 0. The van der Waals surface area contributed by atoms with E-state index in [1.165, 1.54) is 11.1 Å². The number of benzene rings is 1. The molecule has 0 saturated carbocycles. The summed E-state index contributed by atoms with van der Waals surface area (Å²) < 4.78 is 0. The maximum Gasteiger partial charge on any atom is 0.136 e. The molecule has 1 aromatic carbocycles. The lowest BCUT2D eigenvalue weighted by Crippen LogP contribution is -2.17. The molecule has 0 amide bonds. The van der Waals surface area contributed by atoms with E-state index < -0.39 is 0 Å². The molecular formula is C17H23N3. The van der Waals surface area contributed by atoms with Crippen LogP contribution in [0.2, 0.25) is 0 Å². The Balaban J connectivity index is 2.58. The first-order valence-corrected chi connectivity index (χ1v) is 7.11. The van der Waals surface area contributed by atoms with Crippen molar-refractivity contribution in [2.75, 3.05) is 11.9 Å². The van der Waals surface area contributed by atoms with Gasteiger partial charge in [0.15, 0.2) is 0 Å². The Kier molecular flexibility index (Phi) is 4.07. The molecule has 0 fully saturated rings. The second-order valence-electron chi connectivity index (χ2n) is 6.06. The third-order valence-electron chi connectivity index (χ3n) is 3.18. The van der Waals surface area contributed by atoms with Gasteiger partial charge in [0.2, 0.25) is 0 Å². The molecule has 1 aromatic heterocycles. The molecule has 2 aromatic rings. The van der Waals surface area contributed by atoms with Gasteiger partial charge in [-0.25, -0.2) is 9.97 Å². The normalized spacial score (nSPS) is 11.4. The lowest BCUT2D eigenvalue weighted by atomic mass is 9.95. The van der Waals surface area contributed by atoms with Crippen molar-refractivity contribution in [2.45, 2.75) is 40.0 Å². The van der Waals surface area contributed by atoms with E-state index in [0.29, 0.717) is 0 Å². The zero-order chi connectivity index (χ0) is 14.8. The zero-order valence-electron chi connectivity index (χ0n) is 13.0. The van der Waals surface area contributed by atoms with Gasteiger partial charge in [-0.3, -0.25) is 0 Å². The van der Waals surface area contributed by atoms with Crippen LogP contribution in [0.4, 0.5) is 5.82 Å². The van der Waals surface area contributed by atoms with Crippen LogP contribution in [-0.2, 0) is 5.41 Å². The summed E-state index contributed by atoms with van der Waals surface area (Å²) in [5.41, 5.74) is 3.31. The standard InChI is InChI=1S/C17H23N3/c1-6-18-15-11-14(13-10-8-7-9-12(13)2)19-16(20-15)17(3,4)5/h7-11H,6H2,1-5H3,(H,18,19,20). The number of aromatic nitrogens is 2. The fourth-order valence-corrected chi connectivity index (χ4v) is 2.05. The quantitative estimate of drug-likeness (QED) is 0.908. The van der Waals surface area contributed by atoms with E-state index in [9.17, 15) is 0 Å². The van der Waals surface area contributed by atoms with Gasteiger partial charge in [0.25, 0.3) is 0 Å². The van der Waals surface area contributed by atoms with Crippen molar-refractivity contribution in [2.24, 2.45) is 0 Å².